The molecule has 0 atom stereocenters. The van der Waals surface area contributed by atoms with E-state index >= 15 is 0 Å². The van der Waals surface area contributed by atoms with E-state index in [0.29, 0.717) is 0 Å². The van der Waals surface area contributed by atoms with E-state index < -0.39 is 5.91 Å². The fraction of sp³-hybridized carbons (Fsp3) is 0.667. The Hall–Kier alpha value is -1.46. The molecule has 0 saturated heterocycles. The van der Waals surface area contributed by atoms with Crippen molar-refractivity contribution in [3.63, 3.8) is 0 Å². The van der Waals surface area contributed by atoms with Gasteiger partial charge in [0.2, 0.25) is 11.9 Å². The first kappa shape index (κ1) is 10.5. The summed E-state index contributed by atoms with van der Waals surface area (Å²) in [5.74, 6) is -0.626. The zero-order valence-corrected chi connectivity index (χ0v) is 7.19. The first-order valence-corrected chi connectivity index (χ1v) is 3.51. The molecule has 0 radical (unpaired) electrons. The SMILES string of the molecule is CC(C)N(CC(N)=O)C(N)=NO. The standard InChI is InChI=1S/C6H14N4O2/c1-4(2)10(3-5(7)11)6(8)9-12/h4,12H,3H2,1-2H3,(H2,7,11)(H2,8,9). The van der Waals surface area contributed by atoms with E-state index in [-0.39, 0.29) is 18.5 Å². The lowest BCUT2D eigenvalue weighted by Gasteiger charge is -2.24. The smallest absolute Gasteiger partial charge is 0.237 e. The summed E-state index contributed by atoms with van der Waals surface area (Å²) in [6.45, 7) is 3.56. The lowest BCUT2D eigenvalue weighted by atomic mass is 10.3. The largest absolute Gasteiger partial charge is 0.408 e. The molecular formula is C6H14N4O2. The molecule has 0 bridgehead atoms. The van der Waals surface area contributed by atoms with Crippen LogP contribution in [0.5, 0.6) is 0 Å². The van der Waals surface area contributed by atoms with E-state index in [1.165, 1.54) is 4.90 Å². The molecule has 0 aromatic heterocycles. The van der Waals surface area contributed by atoms with Crippen molar-refractivity contribution in [3.05, 3.63) is 0 Å². The third kappa shape index (κ3) is 3.09. The third-order valence-electron chi connectivity index (χ3n) is 1.35. The minimum absolute atomic E-state index is 0.0339. The highest BCUT2D eigenvalue weighted by Gasteiger charge is 2.14. The van der Waals surface area contributed by atoms with Gasteiger partial charge in [-0.2, -0.15) is 0 Å². The number of carbonyl (C=O) groups is 1. The topological polar surface area (TPSA) is 105 Å². The van der Waals surface area contributed by atoms with Crippen LogP contribution in [-0.4, -0.2) is 34.6 Å². The number of hydrogen-bond acceptors (Lipinski definition) is 3. The van der Waals surface area contributed by atoms with Crippen molar-refractivity contribution < 1.29 is 10.0 Å². The quantitative estimate of drug-likeness (QED) is 0.218. The summed E-state index contributed by atoms with van der Waals surface area (Å²) in [6.07, 6.45) is 0. The maximum absolute atomic E-state index is 10.5. The van der Waals surface area contributed by atoms with Crippen molar-refractivity contribution in [2.75, 3.05) is 6.54 Å². The molecule has 70 valence electrons. The Balaban J connectivity index is 4.34. The molecule has 0 heterocycles. The summed E-state index contributed by atoms with van der Waals surface area (Å²) in [7, 11) is 0. The maximum Gasteiger partial charge on any atom is 0.237 e. The predicted molar refractivity (Wildman–Crippen MR) is 44.4 cm³/mol. The predicted octanol–water partition coefficient (Wildman–Crippen LogP) is -1.11. The second-order valence-corrected chi connectivity index (χ2v) is 2.65. The van der Waals surface area contributed by atoms with Crippen LogP contribution in [0.2, 0.25) is 0 Å². The summed E-state index contributed by atoms with van der Waals surface area (Å²) >= 11 is 0. The van der Waals surface area contributed by atoms with Gasteiger partial charge in [-0.05, 0) is 13.8 Å². The van der Waals surface area contributed by atoms with Gasteiger partial charge in [-0.25, -0.2) is 0 Å². The molecule has 0 fully saturated rings. The van der Waals surface area contributed by atoms with Gasteiger partial charge in [-0.3, -0.25) is 4.79 Å². The van der Waals surface area contributed by atoms with Crippen molar-refractivity contribution in [1.29, 1.82) is 0 Å². The van der Waals surface area contributed by atoms with Crippen LogP contribution in [0.3, 0.4) is 0 Å². The lowest BCUT2D eigenvalue weighted by molar-refractivity contribution is -0.118. The fourth-order valence-electron chi connectivity index (χ4n) is 0.753. The van der Waals surface area contributed by atoms with Crippen molar-refractivity contribution in [2.24, 2.45) is 16.6 Å². The van der Waals surface area contributed by atoms with Crippen LogP contribution < -0.4 is 11.5 Å². The van der Waals surface area contributed by atoms with E-state index in [1.54, 1.807) is 13.8 Å². The molecule has 0 unspecified atom stereocenters. The first-order chi connectivity index (χ1) is 5.49. The number of nitrogens with two attached hydrogens (primary N) is 2. The van der Waals surface area contributed by atoms with Gasteiger partial charge in [-0.1, -0.05) is 5.16 Å². The number of oxime groups is 1. The highest BCUT2D eigenvalue weighted by atomic mass is 16.4. The van der Waals surface area contributed by atoms with E-state index in [9.17, 15) is 4.79 Å². The van der Waals surface area contributed by atoms with Crippen molar-refractivity contribution >= 4 is 11.9 Å². The van der Waals surface area contributed by atoms with Crippen molar-refractivity contribution in [1.82, 2.24) is 4.90 Å². The highest BCUT2D eigenvalue weighted by molar-refractivity contribution is 5.84. The Kier molecular flexibility index (Phi) is 3.89. The molecule has 0 aromatic rings. The zero-order valence-electron chi connectivity index (χ0n) is 7.19. The molecule has 6 heteroatoms. The van der Waals surface area contributed by atoms with Gasteiger partial charge in [-0.15, -0.1) is 0 Å². The molecule has 0 aromatic carbocycles. The van der Waals surface area contributed by atoms with Crippen LogP contribution in [0.1, 0.15) is 13.8 Å². The number of nitrogens with zero attached hydrogens (tertiary/aromatic N) is 2. The van der Waals surface area contributed by atoms with Crippen molar-refractivity contribution in [3.8, 4) is 0 Å². The van der Waals surface area contributed by atoms with E-state index in [1.807, 2.05) is 0 Å². The molecule has 0 aliphatic rings. The zero-order chi connectivity index (χ0) is 9.72. The summed E-state index contributed by atoms with van der Waals surface area (Å²) in [5.41, 5.74) is 10.2. The van der Waals surface area contributed by atoms with Crippen LogP contribution in [0.15, 0.2) is 5.16 Å². The lowest BCUT2D eigenvalue weighted by Crippen LogP contribution is -2.46. The Morgan fingerprint density at radius 2 is 2.08 bits per heavy atom. The van der Waals surface area contributed by atoms with Gasteiger partial charge in [0.25, 0.3) is 0 Å². The minimum atomic E-state index is -0.518. The average Bonchev–Trinajstić information content (AvgIpc) is 1.98. The highest BCUT2D eigenvalue weighted by Crippen LogP contribution is 1.95. The number of carbonyl (C=O) groups excluding carboxylic acids is 1. The summed E-state index contributed by atoms with van der Waals surface area (Å²) < 4.78 is 0. The number of rotatable bonds is 3. The van der Waals surface area contributed by atoms with Crippen molar-refractivity contribution in [2.45, 2.75) is 19.9 Å². The van der Waals surface area contributed by atoms with Gasteiger partial charge in [0, 0.05) is 6.04 Å². The van der Waals surface area contributed by atoms with E-state index in [4.69, 9.17) is 16.7 Å². The molecule has 1 amide bonds. The molecule has 0 rings (SSSR count). The maximum atomic E-state index is 10.5. The van der Waals surface area contributed by atoms with Crippen LogP contribution in [0.25, 0.3) is 0 Å². The van der Waals surface area contributed by atoms with Gasteiger partial charge in [0.15, 0.2) is 0 Å². The van der Waals surface area contributed by atoms with Gasteiger partial charge >= 0.3 is 0 Å². The van der Waals surface area contributed by atoms with Gasteiger partial charge in [0.1, 0.15) is 0 Å². The Morgan fingerprint density at radius 1 is 1.58 bits per heavy atom. The monoisotopic (exact) mass is 174 g/mol. The number of primary amides is 1. The molecule has 0 spiro atoms. The van der Waals surface area contributed by atoms with Crippen LogP contribution >= 0.6 is 0 Å². The Labute approximate surface area is 70.8 Å². The molecule has 0 saturated carbocycles. The van der Waals surface area contributed by atoms with E-state index in [0.717, 1.165) is 0 Å². The molecule has 5 N–H and O–H groups in total. The summed E-state index contributed by atoms with van der Waals surface area (Å²) in [4.78, 5) is 11.9. The third-order valence-corrected chi connectivity index (χ3v) is 1.35. The molecule has 12 heavy (non-hydrogen) atoms. The molecule has 6 nitrogen and oxygen atoms in total. The normalized spacial score (nSPS) is 11.8. The molecule has 0 aliphatic heterocycles. The van der Waals surface area contributed by atoms with Gasteiger partial charge in [0.05, 0.1) is 6.54 Å². The second-order valence-electron chi connectivity index (χ2n) is 2.65. The number of guanidine groups is 1. The Morgan fingerprint density at radius 3 is 2.33 bits per heavy atom. The number of hydrogen-bond donors (Lipinski definition) is 3. The summed E-state index contributed by atoms with van der Waals surface area (Å²) in [6, 6.07) is -0.0339. The molecular weight excluding hydrogens is 160 g/mol. The van der Waals surface area contributed by atoms with Crippen LogP contribution in [0.4, 0.5) is 0 Å². The second kappa shape index (κ2) is 4.42. The molecule has 0 aliphatic carbocycles. The Bertz CT molecular complexity index is 190. The van der Waals surface area contributed by atoms with E-state index in [2.05, 4.69) is 5.16 Å². The number of amides is 1. The van der Waals surface area contributed by atoms with Crippen LogP contribution in [-0.2, 0) is 4.79 Å². The summed E-state index contributed by atoms with van der Waals surface area (Å²) in [5, 5.41) is 11.1. The van der Waals surface area contributed by atoms with Gasteiger partial charge < -0.3 is 21.6 Å². The first-order valence-electron chi connectivity index (χ1n) is 3.51. The van der Waals surface area contributed by atoms with Crippen LogP contribution in [0, 0.1) is 0 Å². The minimum Gasteiger partial charge on any atom is -0.408 e. The fourth-order valence-corrected chi connectivity index (χ4v) is 0.753. The average molecular weight is 174 g/mol.